The maximum absolute atomic E-state index is 5.86. The first-order chi connectivity index (χ1) is 13.7. The van der Waals surface area contributed by atoms with Crippen molar-refractivity contribution in [3.63, 3.8) is 0 Å². The lowest BCUT2D eigenvalue weighted by Gasteiger charge is -2.36. The Morgan fingerprint density at radius 2 is 2.00 bits per heavy atom. The van der Waals surface area contributed by atoms with E-state index in [0.29, 0.717) is 6.61 Å². The van der Waals surface area contributed by atoms with Gasteiger partial charge in [-0.2, -0.15) is 0 Å². The van der Waals surface area contributed by atoms with Crippen LogP contribution in [0, 0.1) is 13.8 Å². The highest BCUT2D eigenvalue weighted by Crippen LogP contribution is 2.16. The molecule has 3 rings (SSSR count). The molecular formula is C21H31N5O2. The maximum Gasteiger partial charge on any atom is 0.193 e. The molecule has 1 aromatic carbocycles. The van der Waals surface area contributed by atoms with Crippen LogP contribution in [0.15, 0.2) is 39.8 Å². The molecule has 0 aliphatic carbocycles. The molecule has 1 fully saturated rings. The van der Waals surface area contributed by atoms with Crippen LogP contribution < -0.4 is 10.1 Å². The molecule has 1 saturated heterocycles. The third-order valence-electron chi connectivity index (χ3n) is 4.90. The molecule has 0 bridgehead atoms. The van der Waals surface area contributed by atoms with Crippen LogP contribution in [0.25, 0.3) is 0 Å². The molecule has 0 saturated carbocycles. The summed E-state index contributed by atoms with van der Waals surface area (Å²) in [6.45, 7) is 10.3. The summed E-state index contributed by atoms with van der Waals surface area (Å²) in [5, 5.41) is 7.55. The molecule has 1 aromatic heterocycles. The molecule has 2 aromatic rings. The molecule has 0 radical (unpaired) electrons. The zero-order valence-electron chi connectivity index (χ0n) is 17.1. The van der Waals surface area contributed by atoms with Gasteiger partial charge in [0.2, 0.25) is 0 Å². The summed E-state index contributed by atoms with van der Waals surface area (Å²) in [5.41, 5.74) is 2.17. The van der Waals surface area contributed by atoms with Crippen molar-refractivity contribution in [2.75, 3.05) is 46.4 Å². The monoisotopic (exact) mass is 385 g/mol. The van der Waals surface area contributed by atoms with Gasteiger partial charge in [-0.1, -0.05) is 23.4 Å². The van der Waals surface area contributed by atoms with Crippen LogP contribution in [-0.2, 0) is 6.54 Å². The van der Waals surface area contributed by atoms with Gasteiger partial charge in [-0.25, -0.2) is 0 Å². The number of guanidine groups is 1. The number of ether oxygens (including phenoxy) is 1. The van der Waals surface area contributed by atoms with Crippen molar-refractivity contribution >= 4 is 5.96 Å². The number of hydrogen-bond acceptors (Lipinski definition) is 5. The molecule has 1 aliphatic rings. The van der Waals surface area contributed by atoms with Crippen molar-refractivity contribution in [3.05, 3.63) is 47.3 Å². The average molecular weight is 386 g/mol. The summed E-state index contributed by atoms with van der Waals surface area (Å²) >= 11 is 0. The molecule has 1 N–H and O–H groups in total. The molecule has 0 unspecified atom stereocenters. The molecule has 1 aliphatic heterocycles. The number of rotatable bonds is 7. The topological polar surface area (TPSA) is 66.1 Å². The minimum Gasteiger partial charge on any atom is -0.493 e. The van der Waals surface area contributed by atoms with Crippen LogP contribution in [0.1, 0.15) is 23.4 Å². The fraction of sp³-hybridized carbons (Fsp3) is 0.524. The van der Waals surface area contributed by atoms with Crippen LogP contribution in [0.2, 0.25) is 0 Å². The van der Waals surface area contributed by atoms with E-state index in [1.807, 2.05) is 38.2 Å². The second kappa shape index (κ2) is 10.1. The molecule has 0 amide bonds. The Hall–Kier alpha value is -2.54. The van der Waals surface area contributed by atoms with Gasteiger partial charge >= 0.3 is 0 Å². The Bertz CT molecular complexity index is 766. The van der Waals surface area contributed by atoms with Gasteiger partial charge in [0.15, 0.2) is 5.96 Å². The van der Waals surface area contributed by atoms with E-state index >= 15 is 0 Å². The van der Waals surface area contributed by atoms with Gasteiger partial charge in [0.05, 0.1) is 12.3 Å². The van der Waals surface area contributed by atoms with Crippen molar-refractivity contribution in [2.45, 2.75) is 26.8 Å². The lowest BCUT2D eigenvalue weighted by molar-refractivity contribution is 0.169. The van der Waals surface area contributed by atoms with Crippen molar-refractivity contribution < 1.29 is 9.26 Å². The number of hydrogen-bond donors (Lipinski definition) is 1. The number of aryl methyl sites for hydroxylation is 2. The van der Waals surface area contributed by atoms with E-state index in [9.17, 15) is 0 Å². The van der Waals surface area contributed by atoms with Gasteiger partial charge in [0.1, 0.15) is 11.5 Å². The number of nitrogens with one attached hydrogen (secondary N) is 1. The number of piperazine rings is 1. The first kappa shape index (κ1) is 20.2. The van der Waals surface area contributed by atoms with E-state index in [1.54, 1.807) is 0 Å². The van der Waals surface area contributed by atoms with Crippen LogP contribution >= 0.6 is 0 Å². The highest BCUT2D eigenvalue weighted by molar-refractivity contribution is 5.79. The van der Waals surface area contributed by atoms with E-state index in [2.05, 4.69) is 38.3 Å². The van der Waals surface area contributed by atoms with Crippen LogP contribution in [-0.4, -0.2) is 67.3 Å². The fourth-order valence-electron chi connectivity index (χ4n) is 3.34. The highest BCUT2D eigenvalue weighted by Gasteiger charge is 2.20. The Labute approximate surface area is 167 Å². The number of benzene rings is 1. The first-order valence-electron chi connectivity index (χ1n) is 9.94. The van der Waals surface area contributed by atoms with Crippen LogP contribution in [0.4, 0.5) is 0 Å². The van der Waals surface area contributed by atoms with Gasteiger partial charge < -0.3 is 19.5 Å². The standard InChI is InChI=1S/C21H31N5O2/c1-17-7-4-5-8-20(17)27-14-6-9-23-21(22-3)26-12-10-25(11-13-26)16-19-15-18(2)28-24-19/h4-5,7-8,15H,6,9-14,16H2,1-3H3,(H,22,23). The number of nitrogens with zero attached hydrogens (tertiary/aromatic N) is 4. The molecular weight excluding hydrogens is 354 g/mol. The van der Waals surface area contributed by atoms with Gasteiger partial charge in [0, 0.05) is 52.4 Å². The summed E-state index contributed by atoms with van der Waals surface area (Å²) in [6, 6.07) is 10.1. The summed E-state index contributed by atoms with van der Waals surface area (Å²) in [4.78, 5) is 9.15. The van der Waals surface area contributed by atoms with E-state index in [-0.39, 0.29) is 0 Å². The summed E-state index contributed by atoms with van der Waals surface area (Å²) in [5.74, 6) is 2.79. The normalized spacial score (nSPS) is 15.7. The molecule has 28 heavy (non-hydrogen) atoms. The molecule has 7 heteroatoms. The largest absolute Gasteiger partial charge is 0.493 e. The van der Waals surface area contributed by atoms with E-state index in [0.717, 1.165) is 68.9 Å². The predicted octanol–water partition coefficient (Wildman–Crippen LogP) is 2.45. The lowest BCUT2D eigenvalue weighted by atomic mass is 10.2. The number of para-hydroxylation sites is 1. The van der Waals surface area contributed by atoms with Crippen molar-refractivity contribution in [1.29, 1.82) is 0 Å². The third-order valence-corrected chi connectivity index (χ3v) is 4.90. The Kier molecular flexibility index (Phi) is 7.31. The lowest BCUT2D eigenvalue weighted by Crippen LogP contribution is -2.52. The Balaban J connectivity index is 1.35. The highest BCUT2D eigenvalue weighted by atomic mass is 16.5. The molecule has 7 nitrogen and oxygen atoms in total. The van der Waals surface area contributed by atoms with Gasteiger partial charge in [-0.3, -0.25) is 9.89 Å². The second-order valence-electron chi connectivity index (χ2n) is 7.13. The smallest absolute Gasteiger partial charge is 0.193 e. The van der Waals surface area contributed by atoms with Gasteiger partial charge in [-0.15, -0.1) is 0 Å². The Morgan fingerprint density at radius 1 is 1.21 bits per heavy atom. The third kappa shape index (κ3) is 5.73. The first-order valence-corrected chi connectivity index (χ1v) is 9.94. The quantitative estimate of drug-likeness (QED) is 0.449. The van der Waals surface area contributed by atoms with Crippen molar-refractivity contribution in [3.8, 4) is 5.75 Å². The summed E-state index contributed by atoms with van der Waals surface area (Å²) < 4.78 is 11.0. The summed E-state index contributed by atoms with van der Waals surface area (Å²) in [6.07, 6.45) is 0.929. The maximum atomic E-state index is 5.86. The number of aromatic nitrogens is 1. The molecule has 0 atom stereocenters. The second-order valence-corrected chi connectivity index (χ2v) is 7.13. The zero-order valence-corrected chi connectivity index (χ0v) is 17.1. The molecule has 2 heterocycles. The zero-order chi connectivity index (χ0) is 19.8. The van der Waals surface area contributed by atoms with E-state index in [4.69, 9.17) is 9.26 Å². The number of aliphatic imine (C=N–C) groups is 1. The van der Waals surface area contributed by atoms with Crippen molar-refractivity contribution in [1.82, 2.24) is 20.3 Å². The van der Waals surface area contributed by atoms with Crippen LogP contribution in [0.3, 0.4) is 0 Å². The van der Waals surface area contributed by atoms with Crippen molar-refractivity contribution in [2.24, 2.45) is 4.99 Å². The fourth-order valence-corrected chi connectivity index (χ4v) is 3.34. The minimum absolute atomic E-state index is 0.694. The summed E-state index contributed by atoms with van der Waals surface area (Å²) in [7, 11) is 1.84. The SMILES string of the molecule is CN=C(NCCCOc1ccccc1C)N1CCN(Cc2cc(C)on2)CC1. The van der Waals surface area contributed by atoms with Crippen LogP contribution in [0.5, 0.6) is 5.75 Å². The molecule has 0 spiro atoms. The predicted molar refractivity (Wildman–Crippen MR) is 111 cm³/mol. The van der Waals surface area contributed by atoms with E-state index < -0.39 is 0 Å². The minimum atomic E-state index is 0.694. The Morgan fingerprint density at radius 3 is 2.68 bits per heavy atom. The van der Waals surface area contributed by atoms with Gasteiger partial charge in [-0.05, 0) is 31.9 Å². The molecule has 152 valence electrons. The van der Waals surface area contributed by atoms with E-state index in [1.165, 1.54) is 5.56 Å². The average Bonchev–Trinajstić information content (AvgIpc) is 3.11. The van der Waals surface area contributed by atoms with Gasteiger partial charge in [0.25, 0.3) is 0 Å².